The summed E-state index contributed by atoms with van der Waals surface area (Å²) in [6.45, 7) is 12.1. The number of rotatable bonds is 7. The summed E-state index contributed by atoms with van der Waals surface area (Å²) in [5, 5.41) is 2.55. The minimum atomic E-state index is -0.541. The molecule has 1 unspecified atom stereocenters. The third-order valence-corrected chi connectivity index (χ3v) is 2.02. The number of ether oxygens (including phenoxy) is 1. The standard InChI is InChI=1S/C13H28N2O4/c1-10(17-11(16)15-8-7-14)9-13(5,6)19-18-12(2,3)4/h10H,7-9,14H2,1-6H3,(H,15,16). The summed E-state index contributed by atoms with van der Waals surface area (Å²) in [7, 11) is 0. The van der Waals surface area contributed by atoms with Crippen LogP contribution in [0.2, 0.25) is 0 Å². The SMILES string of the molecule is CC(CC(C)(C)OOC(C)(C)C)OC(=O)NCCN. The Hall–Kier alpha value is -0.850. The van der Waals surface area contributed by atoms with Crippen molar-refractivity contribution in [1.29, 1.82) is 0 Å². The van der Waals surface area contributed by atoms with Gasteiger partial charge in [0.05, 0.1) is 5.60 Å². The van der Waals surface area contributed by atoms with Gasteiger partial charge in [-0.2, -0.15) is 0 Å². The third-order valence-electron chi connectivity index (χ3n) is 2.02. The Morgan fingerprint density at radius 2 is 1.79 bits per heavy atom. The van der Waals surface area contributed by atoms with Gasteiger partial charge in [-0.15, -0.1) is 0 Å². The monoisotopic (exact) mass is 276 g/mol. The van der Waals surface area contributed by atoms with Crippen molar-refractivity contribution >= 4 is 6.09 Å². The van der Waals surface area contributed by atoms with Gasteiger partial charge in [0.1, 0.15) is 11.7 Å². The zero-order valence-corrected chi connectivity index (χ0v) is 12.9. The lowest BCUT2D eigenvalue weighted by Crippen LogP contribution is -2.37. The minimum Gasteiger partial charge on any atom is -0.446 e. The van der Waals surface area contributed by atoms with Crippen molar-refractivity contribution in [3.8, 4) is 0 Å². The summed E-state index contributed by atoms with van der Waals surface area (Å²) in [6.07, 6.45) is -0.221. The van der Waals surface area contributed by atoms with Gasteiger partial charge >= 0.3 is 6.09 Å². The quantitative estimate of drug-likeness (QED) is 0.549. The van der Waals surface area contributed by atoms with Gasteiger partial charge < -0.3 is 15.8 Å². The van der Waals surface area contributed by atoms with Gasteiger partial charge in [0.25, 0.3) is 0 Å². The fourth-order valence-corrected chi connectivity index (χ4v) is 1.40. The molecule has 6 nitrogen and oxygen atoms in total. The molecule has 0 rings (SSSR count). The predicted molar refractivity (Wildman–Crippen MR) is 73.6 cm³/mol. The summed E-state index contributed by atoms with van der Waals surface area (Å²) in [5.74, 6) is 0. The molecule has 3 N–H and O–H groups in total. The van der Waals surface area contributed by atoms with E-state index in [9.17, 15) is 4.79 Å². The molecule has 6 heteroatoms. The van der Waals surface area contributed by atoms with Crippen LogP contribution in [0.15, 0.2) is 0 Å². The molecule has 0 aliphatic carbocycles. The number of nitrogens with one attached hydrogen (secondary N) is 1. The van der Waals surface area contributed by atoms with E-state index in [1.54, 1.807) is 0 Å². The van der Waals surface area contributed by atoms with E-state index in [-0.39, 0.29) is 11.7 Å². The highest BCUT2D eigenvalue weighted by atomic mass is 17.2. The maximum atomic E-state index is 11.4. The molecule has 0 aromatic heterocycles. The smallest absolute Gasteiger partial charge is 0.407 e. The average Bonchev–Trinajstić information content (AvgIpc) is 2.22. The van der Waals surface area contributed by atoms with Crippen LogP contribution < -0.4 is 11.1 Å². The maximum Gasteiger partial charge on any atom is 0.407 e. The normalized spacial score (nSPS) is 14.1. The van der Waals surface area contributed by atoms with Gasteiger partial charge in [-0.05, 0) is 41.5 Å². The first kappa shape index (κ1) is 18.1. The molecule has 0 spiro atoms. The van der Waals surface area contributed by atoms with Gasteiger partial charge in [0.2, 0.25) is 0 Å². The zero-order chi connectivity index (χ0) is 15.1. The van der Waals surface area contributed by atoms with Crippen LogP contribution in [0.3, 0.4) is 0 Å². The van der Waals surface area contributed by atoms with Crippen LogP contribution in [0.4, 0.5) is 4.79 Å². The van der Waals surface area contributed by atoms with Crippen molar-refractivity contribution in [3.05, 3.63) is 0 Å². The molecule has 0 radical (unpaired) electrons. The number of nitrogens with two attached hydrogens (primary N) is 1. The highest BCUT2D eigenvalue weighted by molar-refractivity contribution is 5.67. The molecular weight excluding hydrogens is 248 g/mol. The second kappa shape index (κ2) is 7.67. The van der Waals surface area contributed by atoms with E-state index in [1.807, 2.05) is 41.5 Å². The summed E-state index contributed by atoms with van der Waals surface area (Å²) in [4.78, 5) is 22.0. The van der Waals surface area contributed by atoms with Crippen LogP contribution >= 0.6 is 0 Å². The molecule has 0 aliphatic rings. The largest absolute Gasteiger partial charge is 0.446 e. The van der Waals surface area contributed by atoms with Crippen LogP contribution in [0.1, 0.15) is 48.0 Å². The van der Waals surface area contributed by atoms with Crippen LogP contribution in [0.5, 0.6) is 0 Å². The van der Waals surface area contributed by atoms with Crippen LogP contribution in [0, 0.1) is 0 Å². The van der Waals surface area contributed by atoms with Crippen LogP contribution in [0.25, 0.3) is 0 Å². The van der Waals surface area contributed by atoms with E-state index in [4.69, 9.17) is 20.2 Å². The molecule has 114 valence electrons. The van der Waals surface area contributed by atoms with Crippen molar-refractivity contribution in [2.24, 2.45) is 5.73 Å². The molecular formula is C13H28N2O4. The lowest BCUT2D eigenvalue weighted by atomic mass is 10.0. The number of amides is 1. The fraction of sp³-hybridized carbons (Fsp3) is 0.923. The number of carbonyl (C=O) groups excluding carboxylic acids is 1. The molecule has 0 fully saturated rings. The first-order valence-corrected chi connectivity index (χ1v) is 6.57. The van der Waals surface area contributed by atoms with Crippen molar-refractivity contribution in [3.63, 3.8) is 0 Å². The summed E-state index contributed by atoms with van der Waals surface area (Å²) in [6, 6.07) is 0. The Morgan fingerprint density at radius 3 is 2.26 bits per heavy atom. The van der Waals surface area contributed by atoms with Crippen molar-refractivity contribution < 1.29 is 19.3 Å². The Morgan fingerprint density at radius 1 is 1.21 bits per heavy atom. The Bertz CT molecular complexity index is 274. The number of alkyl carbamates (subject to hydrolysis) is 1. The molecule has 0 saturated heterocycles. The minimum absolute atomic E-state index is 0.281. The molecule has 0 aromatic carbocycles. The van der Waals surface area contributed by atoms with E-state index < -0.39 is 11.7 Å². The maximum absolute atomic E-state index is 11.4. The van der Waals surface area contributed by atoms with Gasteiger partial charge in [-0.25, -0.2) is 14.6 Å². The Balaban J connectivity index is 4.08. The summed E-state index contributed by atoms with van der Waals surface area (Å²) < 4.78 is 5.18. The van der Waals surface area contributed by atoms with Crippen LogP contribution in [-0.2, 0) is 14.5 Å². The number of hydrogen-bond acceptors (Lipinski definition) is 5. The second-order valence-electron chi connectivity index (χ2n) is 6.17. The average molecular weight is 276 g/mol. The fourth-order valence-electron chi connectivity index (χ4n) is 1.40. The molecule has 0 aromatic rings. The van der Waals surface area contributed by atoms with Gasteiger partial charge in [-0.3, -0.25) is 0 Å². The van der Waals surface area contributed by atoms with Gasteiger partial charge in [-0.1, -0.05) is 0 Å². The van der Waals surface area contributed by atoms with Crippen molar-refractivity contribution in [2.45, 2.75) is 65.3 Å². The molecule has 0 aliphatic heterocycles. The van der Waals surface area contributed by atoms with E-state index in [2.05, 4.69) is 5.32 Å². The molecule has 19 heavy (non-hydrogen) atoms. The Kier molecular flexibility index (Phi) is 7.33. The van der Waals surface area contributed by atoms with Crippen LogP contribution in [-0.4, -0.2) is 36.5 Å². The number of carbonyl (C=O) groups is 1. The Labute approximate surface area is 115 Å². The lowest BCUT2D eigenvalue weighted by Gasteiger charge is -2.30. The molecule has 1 atom stereocenters. The topological polar surface area (TPSA) is 82.8 Å². The number of hydrogen-bond donors (Lipinski definition) is 2. The van der Waals surface area contributed by atoms with Crippen molar-refractivity contribution in [2.75, 3.05) is 13.1 Å². The molecule has 0 saturated carbocycles. The van der Waals surface area contributed by atoms with E-state index >= 15 is 0 Å². The van der Waals surface area contributed by atoms with E-state index in [1.165, 1.54) is 0 Å². The highest BCUT2D eigenvalue weighted by Crippen LogP contribution is 2.22. The van der Waals surface area contributed by atoms with E-state index in [0.717, 1.165) is 0 Å². The first-order chi connectivity index (χ1) is 8.56. The van der Waals surface area contributed by atoms with Gasteiger partial charge in [0.15, 0.2) is 0 Å². The predicted octanol–water partition coefficient (Wildman–Crippen LogP) is 1.98. The molecule has 1 amide bonds. The lowest BCUT2D eigenvalue weighted by molar-refractivity contribution is -0.399. The zero-order valence-electron chi connectivity index (χ0n) is 12.9. The molecule has 0 bridgehead atoms. The summed E-state index contributed by atoms with van der Waals surface area (Å²) in [5.41, 5.74) is 4.37. The molecule has 0 heterocycles. The second-order valence-corrected chi connectivity index (χ2v) is 6.17. The third kappa shape index (κ3) is 10.7. The van der Waals surface area contributed by atoms with Gasteiger partial charge in [0, 0.05) is 19.5 Å². The highest BCUT2D eigenvalue weighted by Gasteiger charge is 2.27. The first-order valence-electron chi connectivity index (χ1n) is 6.57. The van der Waals surface area contributed by atoms with Crippen molar-refractivity contribution in [1.82, 2.24) is 5.32 Å². The van der Waals surface area contributed by atoms with E-state index in [0.29, 0.717) is 19.5 Å². The summed E-state index contributed by atoms with van der Waals surface area (Å²) >= 11 is 0.